The largest absolute Gasteiger partial charge is 0.445 e. The number of alkyl carbamates (subject to hydrolysis) is 1. The van der Waals surface area contributed by atoms with Gasteiger partial charge in [0.2, 0.25) is 0 Å². The van der Waals surface area contributed by atoms with Crippen molar-refractivity contribution in [2.45, 2.75) is 38.8 Å². The Balaban J connectivity index is 1.37. The summed E-state index contributed by atoms with van der Waals surface area (Å²) in [4.78, 5) is 27.7. The number of aromatic amines is 1. The van der Waals surface area contributed by atoms with E-state index in [1.165, 1.54) is 0 Å². The molecule has 4 aromatic rings. The van der Waals surface area contributed by atoms with Gasteiger partial charge in [0.15, 0.2) is 0 Å². The number of H-pyrrole nitrogens is 1. The number of nitrogens with one attached hydrogen (secondary N) is 2. The van der Waals surface area contributed by atoms with Gasteiger partial charge in [-0.1, -0.05) is 48.5 Å². The number of aromatic nitrogens is 3. The molecule has 0 spiro atoms. The Morgan fingerprint density at radius 3 is 2.64 bits per heavy atom. The summed E-state index contributed by atoms with van der Waals surface area (Å²) in [5.41, 5.74) is 6.47. The Morgan fingerprint density at radius 2 is 1.82 bits per heavy atom. The van der Waals surface area contributed by atoms with Crippen LogP contribution >= 0.6 is 0 Å². The Morgan fingerprint density at radius 1 is 1.06 bits per heavy atom. The van der Waals surface area contributed by atoms with Crippen molar-refractivity contribution in [3.05, 3.63) is 87.2 Å². The number of carbonyl (C=O) groups is 1. The lowest BCUT2D eigenvalue weighted by atomic mass is 9.89. The molecule has 2 N–H and O–H groups in total. The van der Waals surface area contributed by atoms with E-state index < -0.39 is 6.09 Å². The third-order valence-electron chi connectivity index (χ3n) is 6.17. The number of nitrogens with zero attached hydrogens (tertiary/aromatic N) is 2. The number of pyridine rings is 1. The average Bonchev–Trinajstić information content (AvgIpc) is 3.19. The molecule has 0 fully saturated rings. The van der Waals surface area contributed by atoms with Gasteiger partial charge in [-0.2, -0.15) is 5.10 Å². The van der Waals surface area contributed by atoms with E-state index in [1.807, 2.05) is 61.6 Å². The fraction of sp³-hybridized carbons (Fsp3) is 0.269. The molecular weight excluding hydrogens is 416 g/mol. The Labute approximate surface area is 191 Å². The highest BCUT2D eigenvalue weighted by Gasteiger charge is 2.22. The highest BCUT2D eigenvalue weighted by molar-refractivity contribution is 5.94. The molecule has 7 heteroatoms. The number of hydrogen-bond acceptors (Lipinski definition) is 4. The van der Waals surface area contributed by atoms with E-state index in [4.69, 9.17) is 9.84 Å². The predicted octanol–water partition coefficient (Wildman–Crippen LogP) is 4.23. The van der Waals surface area contributed by atoms with Crippen LogP contribution in [0.1, 0.15) is 35.1 Å². The molecule has 7 nitrogen and oxygen atoms in total. The van der Waals surface area contributed by atoms with E-state index >= 15 is 0 Å². The number of benzene rings is 2. The van der Waals surface area contributed by atoms with Gasteiger partial charge in [0.1, 0.15) is 17.9 Å². The van der Waals surface area contributed by atoms with Gasteiger partial charge in [-0.05, 0) is 48.4 Å². The van der Waals surface area contributed by atoms with E-state index in [0.717, 1.165) is 70.2 Å². The van der Waals surface area contributed by atoms with Gasteiger partial charge in [-0.15, -0.1) is 0 Å². The lowest BCUT2D eigenvalue weighted by Gasteiger charge is -2.16. The lowest BCUT2D eigenvalue weighted by molar-refractivity contribution is 0.139. The molecule has 0 unspecified atom stereocenters. The first kappa shape index (κ1) is 21.0. The van der Waals surface area contributed by atoms with Gasteiger partial charge in [-0.3, -0.25) is 9.48 Å². The molecule has 1 aliphatic rings. The number of hydrogen-bond donors (Lipinski definition) is 2. The maximum absolute atomic E-state index is 12.6. The molecule has 33 heavy (non-hydrogen) atoms. The van der Waals surface area contributed by atoms with Gasteiger partial charge < -0.3 is 15.0 Å². The first-order valence-electron chi connectivity index (χ1n) is 11.2. The van der Waals surface area contributed by atoms with Crippen LogP contribution < -0.4 is 10.9 Å². The van der Waals surface area contributed by atoms with Gasteiger partial charge in [-0.25, -0.2) is 4.79 Å². The van der Waals surface area contributed by atoms with Crippen LogP contribution in [0.2, 0.25) is 0 Å². The highest BCUT2D eigenvalue weighted by Crippen LogP contribution is 2.33. The van der Waals surface area contributed by atoms with E-state index in [2.05, 4.69) is 10.3 Å². The second-order valence-electron chi connectivity index (χ2n) is 8.43. The quantitative estimate of drug-likeness (QED) is 0.484. The van der Waals surface area contributed by atoms with Gasteiger partial charge in [0.05, 0.1) is 0 Å². The van der Waals surface area contributed by atoms with Crippen molar-refractivity contribution in [1.82, 2.24) is 20.1 Å². The van der Waals surface area contributed by atoms with Crippen LogP contribution in [0.5, 0.6) is 0 Å². The zero-order valence-electron chi connectivity index (χ0n) is 18.6. The predicted molar refractivity (Wildman–Crippen MR) is 127 cm³/mol. The normalized spacial score (nSPS) is 13.0. The van der Waals surface area contributed by atoms with Crippen molar-refractivity contribution in [3.8, 4) is 11.3 Å². The number of amides is 1. The molecule has 2 aromatic heterocycles. The van der Waals surface area contributed by atoms with E-state index in [0.29, 0.717) is 6.54 Å². The first-order chi connectivity index (χ1) is 16.1. The molecule has 0 radical (unpaired) electrons. The van der Waals surface area contributed by atoms with Crippen molar-refractivity contribution >= 4 is 17.1 Å². The lowest BCUT2D eigenvalue weighted by Crippen LogP contribution is -2.23. The highest BCUT2D eigenvalue weighted by atomic mass is 16.5. The monoisotopic (exact) mass is 442 g/mol. The SMILES string of the molecule is Cn1nc(-c2cccc(CNC(=O)OCc3ccccc3)c2)c2c3c(c(=O)[nH]c21)CCCC3. The molecule has 1 aliphatic carbocycles. The second-order valence-corrected chi connectivity index (χ2v) is 8.43. The van der Waals surface area contributed by atoms with Crippen LogP contribution in [0.25, 0.3) is 22.3 Å². The fourth-order valence-corrected chi connectivity index (χ4v) is 4.55. The average molecular weight is 443 g/mol. The number of fused-ring (bicyclic) bond motifs is 3. The topological polar surface area (TPSA) is 89.0 Å². The van der Waals surface area contributed by atoms with Crippen LogP contribution in [-0.4, -0.2) is 20.9 Å². The summed E-state index contributed by atoms with van der Waals surface area (Å²) < 4.78 is 7.04. The molecule has 0 bridgehead atoms. The summed E-state index contributed by atoms with van der Waals surface area (Å²) >= 11 is 0. The standard InChI is InChI=1S/C26H26N4O3/c1-30-24-22(20-12-5-6-13-21(20)25(31)28-24)23(29-30)19-11-7-10-18(14-19)15-27-26(32)33-16-17-8-3-2-4-9-17/h2-4,7-11,14H,5-6,12-13,15-16H2,1H3,(H,27,32)(H,28,31). The van der Waals surface area contributed by atoms with Crippen LogP contribution in [0.4, 0.5) is 4.79 Å². The molecule has 168 valence electrons. The van der Waals surface area contributed by atoms with Crippen LogP contribution in [0, 0.1) is 0 Å². The molecule has 0 aliphatic heterocycles. The second kappa shape index (κ2) is 8.94. The van der Waals surface area contributed by atoms with Crippen molar-refractivity contribution < 1.29 is 9.53 Å². The number of carbonyl (C=O) groups excluding carboxylic acids is 1. The Bertz CT molecular complexity index is 1370. The summed E-state index contributed by atoms with van der Waals surface area (Å²) in [6.07, 6.45) is 3.36. The molecule has 1 amide bonds. The van der Waals surface area contributed by atoms with E-state index in [-0.39, 0.29) is 12.2 Å². The molecule has 0 saturated carbocycles. The van der Waals surface area contributed by atoms with Crippen molar-refractivity contribution in [2.24, 2.45) is 7.05 Å². The van der Waals surface area contributed by atoms with Gasteiger partial charge in [0.25, 0.3) is 5.56 Å². The zero-order chi connectivity index (χ0) is 22.8. The summed E-state index contributed by atoms with van der Waals surface area (Å²) in [6, 6.07) is 17.5. The van der Waals surface area contributed by atoms with E-state index in [1.54, 1.807) is 4.68 Å². The van der Waals surface area contributed by atoms with Crippen molar-refractivity contribution in [1.29, 1.82) is 0 Å². The summed E-state index contributed by atoms with van der Waals surface area (Å²) in [6.45, 7) is 0.580. The minimum atomic E-state index is -0.459. The summed E-state index contributed by atoms with van der Waals surface area (Å²) in [7, 11) is 1.85. The first-order valence-corrected chi connectivity index (χ1v) is 11.2. The number of ether oxygens (including phenoxy) is 1. The maximum atomic E-state index is 12.6. The minimum Gasteiger partial charge on any atom is -0.445 e. The van der Waals surface area contributed by atoms with Crippen molar-refractivity contribution in [2.75, 3.05) is 0 Å². The van der Waals surface area contributed by atoms with Crippen LogP contribution in [0.3, 0.4) is 0 Å². The molecule has 2 heterocycles. The maximum Gasteiger partial charge on any atom is 0.407 e. The molecular formula is C26H26N4O3. The van der Waals surface area contributed by atoms with Crippen molar-refractivity contribution in [3.63, 3.8) is 0 Å². The summed E-state index contributed by atoms with van der Waals surface area (Å²) in [5, 5.41) is 8.58. The van der Waals surface area contributed by atoms with Crippen LogP contribution in [-0.2, 0) is 37.8 Å². The minimum absolute atomic E-state index is 0.00119. The molecule has 0 atom stereocenters. The van der Waals surface area contributed by atoms with Crippen LogP contribution in [0.15, 0.2) is 59.4 Å². The smallest absolute Gasteiger partial charge is 0.407 e. The third kappa shape index (κ3) is 4.26. The Hall–Kier alpha value is -3.87. The molecule has 0 saturated heterocycles. The van der Waals surface area contributed by atoms with Gasteiger partial charge >= 0.3 is 6.09 Å². The van der Waals surface area contributed by atoms with E-state index in [9.17, 15) is 9.59 Å². The molecule has 5 rings (SSSR count). The third-order valence-corrected chi connectivity index (χ3v) is 6.17. The zero-order valence-corrected chi connectivity index (χ0v) is 18.6. The fourth-order valence-electron chi connectivity index (χ4n) is 4.55. The molecule has 2 aromatic carbocycles. The number of rotatable bonds is 5. The number of aryl methyl sites for hydroxylation is 2. The van der Waals surface area contributed by atoms with Gasteiger partial charge in [0, 0.05) is 30.1 Å². The Kier molecular flexibility index (Phi) is 5.69. The summed E-state index contributed by atoms with van der Waals surface area (Å²) in [5.74, 6) is 0.